The summed E-state index contributed by atoms with van der Waals surface area (Å²) < 4.78 is 85.0. The highest BCUT2D eigenvalue weighted by molar-refractivity contribution is 5.66. The number of aryl methyl sites for hydroxylation is 2. The fraction of sp³-hybridized carbons (Fsp3) is 0.400. The van der Waals surface area contributed by atoms with Gasteiger partial charge in [0.25, 0.3) is 0 Å². The monoisotopic (exact) mass is 518 g/mol. The Morgan fingerprint density at radius 1 is 0.811 bits per heavy atom. The zero-order valence-electron chi connectivity index (χ0n) is 21.1. The van der Waals surface area contributed by atoms with Crippen molar-refractivity contribution >= 4 is 0 Å². The highest BCUT2D eigenvalue weighted by atomic mass is 19.2. The predicted octanol–water partition coefficient (Wildman–Crippen LogP) is 8.30. The smallest absolute Gasteiger partial charge is 0.167 e. The third-order valence-corrected chi connectivity index (χ3v) is 6.96. The molecule has 7 heteroatoms. The van der Waals surface area contributed by atoms with E-state index in [4.69, 9.17) is 9.47 Å². The molecule has 2 unspecified atom stereocenters. The molecule has 37 heavy (non-hydrogen) atoms. The van der Waals surface area contributed by atoms with Crippen molar-refractivity contribution in [3.63, 3.8) is 0 Å². The highest BCUT2D eigenvalue weighted by Gasteiger charge is 2.28. The molecular weight excluding hydrogens is 487 g/mol. The Morgan fingerprint density at radius 2 is 1.54 bits per heavy atom. The molecule has 2 nitrogen and oxygen atoms in total. The molecule has 4 rings (SSSR count). The Kier molecular flexibility index (Phi) is 8.85. The van der Waals surface area contributed by atoms with Crippen LogP contribution < -0.4 is 4.74 Å². The molecule has 0 aliphatic carbocycles. The summed E-state index contributed by atoms with van der Waals surface area (Å²) in [7, 11) is 0. The second-order valence-corrected chi connectivity index (χ2v) is 9.45. The van der Waals surface area contributed by atoms with Gasteiger partial charge in [-0.1, -0.05) is 43.7 Å². The lowest BCUT2D eigenvalue weighted by Gasteiger charge is -2.29. The summed E-state index contributed by atoms with van der Waals surface area (Å²) in [5, 5.41) is 0. The first-order chi connectivity index (χ1) is 17.8. The van der Waals surface area contributed by atoms with Crippen molar-refractivity contribution in [2.75, 3.05) is 13.2 Å². The van der Waals surface area contributed by atoms with Gasteiger partial charge in [-0.3, -0.25) is 0 Å². The van der Waals surface area contributed by atoms with Gasteiger partial charge in [-0.05, 0) is 67.9 Å². The van der Waals surface area contributed by atoms with Crippen LogP contribution in [0.1, 0.15) is 62.1 Å². The zero-order chi connectivity index (χ0) is 26.5. The normalized spacial score (nSPS) is 17.7. The van der Waals surface area contributed by atoms with Gasteiger partial charge in [0.1, 0.15) is 0 Å². The van der Waals surface area contributed by atoms with Crippen LogP contribution in [0.4, 0.5) is 22.0 Å². The van der Waals surface area contributed by atoms with Crippen LogP contribution in [0.5, 0.6) is 5.75 Å². The minimum absolute atomic E-state index is 0.0639. The maximum Gasteiger partial charge on any atom is 0.167 e. The quantitative estimate of drug-likeness (QED) is 0.265. The predicted molar refractivity (Wildman–Crippen MR) is 133 cm³/mol. The second kappa shape index (κ2) is 12.1. The zero-order valence-corrected chi connectivity index (χ0v) is 21.1. The van der Waals surface area contributed by atoms with Gasteiger partial charge < -0.3 is 9.47 Å². The summed E-state index contributed by atoms with van der Waals surface area (Å²) in [6.07, 6.45) is 3.88. The van der Waals surface area contributed by atoms with Crippen molar-refractivity contribution in [2.45, 2.75) is 64.4 Å². The molecule has 1 fully saturated rings. The van der Waals surface area contributed by atoms with Crippen LogP contribution in [0, 0.1) is 29.1 Å². The SMILES string of the molecule is CCCC1CCC(c2ccc(-c3ccc(CCc4ccc(OCC)c(F)c4)c(F)c3F)c(F)c2F)CO1. The molecular formula is C30H31F5O2. The minimum atomic E-state index is -1.25. The molecule has 3 aromatic carbocycles. The lowest BCUT2D eigenvalue weighted by molar-refractivity contribution is -0.00181. The Morgan fingerprint density at radius 3 is 2.19 bits per heavy atom. The molecule has 1 aliphatic rings. The van der Waals surface area contributed by atoms with Gasteiger partial charge >= 0.3 is 0 Å². The standard InChI is InChI=1S/C30H31F5O2/c1-3-5-21-11-9-20(17-37-21)22-13-14-24(30(35)28(22)33)23-12-10-19(27(32)29(23)34)8-6-18-7-15-26(36-4-2)25(31)16-18/h7,10,12-16,20-21H,3-6,8-9,11,17H2,1-2H3. The van der Waals surface area contributed by atoms with Crippen molar-refractivity contribution in [2.24, 2.45) is 0 Å². The molecule has 1 heterocycles. The molecule has 0 N–H and O–H groups in total. The maximum absolute atomic E-state index is 15.1. The molecule has 0 bridgehead atoms. The van der Waals surface area contributed by atoms with Crippen LogP contribution >= 0.6 is 0 Å². The van der Waals surface area contributed by atoms with E-state index in [1.165, 1.54) is 36.4 Å². The molecule has 198 valence electrons. The number of rotatable bonds is 9. The van der Waals surface area contributed by atoms with E-state index in [1.54, 1.807) is 13.0 Å². The largest absolute Gasteiger partial charge is 0.491 e. The molecule has 0 radical (unpaired) electrons. The number of hydrogen-bond acceptors (Lipinski definition) is 2. The Bertz CT molecular complexity index is 1240. The summed E-state index contributed by atoms with van der Waals surface area (Å²) in [5.41, 5.74) is 0.171. The van der Waals surface area contributed by atoms with E-state index < -0.39 is 29.1 Å². The average molecular weight is 519 g/mol. The molecule has 3 aromatic rings. The topological polar surface area (TPSA) is 18.5 Å². The summed E-state index contributed by atoms with van der Waals surface area (Å²) in [5.74, 6) is -5.31. The molecule has 0 aromatic heterocycles. The first-order valence-corrected chi connectivity index (χ1v) is 12.8. The lowest BCUT2D eigenvalue weighted by Crippen LogP contribution is -2.25. The molecule has 1 aliphatic heterocycles. The van der Waals surface area contributed by atoms with Crippen molar-refractivity contribution in [1.29, 1.82) is 0 Å². The van der Waals surface area contributed by atoms with Gasteiger partial charge in [0, 0.05) is 17.0 Å². The van der Waals surface area contributed by atoms with E-state index in [0.717, 1.165) is 19.3 Å². The number of benzene rings is 3. The van der Waals surface area contributed by atoms with Crippen LogP contribution in [0.15, 0.2) is 42.5 Å². The van der Waals surface area contributed by atoms with Crippen LogP contribution in [0.3, 0.4) is 0 Å². The number of halogens is 5. The molecule has 0 spiro atoms. The summed E-state index contributed by atoms with van der Waals surface area (Å²) in [6, 6.07) is 9.81. The Hall–Kier alpha value is -2.93. The highest BCUT2D eigenvalue weighted by Crippen LogP contribution is 2.36. The molecule has 1 saturated heterocycles. The van der Waals surface area contributed by atoms with Gasteiger partial charge in [0.2, 0.25) is 0 Å². The summed E-state index contributed by atoms with van der Waals surface area (Å²) in [6.45, 7) is 4.45. The van der Waals surface area contributed by atoms with E-state index in [9.17, 15) is 13.2 Å². The first-order valence-electron chi connectivity index (χ1n) is 12.8. The van der Waals surface area contributed by atoms with Gasteiger partial charge in [-0.15, -0.1) is 0 Å². The third-order valence-electron chi connectivity index (χ3n) is 6.96. The fourth-order valence-electron chi connectivity index (χ4n) is 4.93. The maximum atomic E-state index is 15.1. The van der Waals surface area contributed by atoms with E-state index in [1.807, 2.05) is 0 Å². The molecule has 0 saturated carbocycles. The van der Waals surface area contributed by atoms with Crippen LogP contribution in [-0.2, 0) is 17.6 Å². The van der Waals surface area contributed by atoms with Gasteiger partial charge in [-0.25, -0.2) is 22.0 Å². The molecule has 2 atom stereocenters. The van der Waals surface area contributed by atoms with Crippen molar-refractivity contribution in [3.8, 4) is 16.9 Å². The van der Waals surface area contributed by atoms with E-state index in [2.05, 4.69) is 6.92 Å². The first kappa shape index (κ1) is 27.1. The van der Waals surface area contributed by atoms with Crippen molar-refractivity contribution < 1.29 is 31.4 Å². The summed E-state index contributed by atoms with van der Waals surface area (Å²) in [4.78, 5) is 0. The minimum Gasteiger partial charge on any atom is -0.491 e. The average Bonchev–Trinajstić information content (AvgIpc) is 2.89. The number of ether oxygens (including phenoxy) is 2. The van der Waals surface area contributed by atoms with E-state index in [-0.39, 0.29) is 52.9 Å². The van der Waals surface area contributed by atoms with E-state index >= 15 is 8.78 Å². The van der Waals surface area contributed by atoms with Gasteiger partial charge in [-0.2, -0.15) is 0 Å². The van der Waals surface area contributed by atoms with Crippen molar-refractivity contribution in [3.05, 3.63) is 88.2 Å². The van der Waals surface area contributed by atoms with E-state index in [0.29, 0.717) is 25.2 Å². The Labute approximate surface area is 214 Å². The second-order valence-electron chi connectivity index (χ2n) is 9.45. The van der Waals surface area contributed by atoms with Crippen molar-refractivity contribution in [1.82, 2.24) is 0 Å². The van der Waals surface area contributed by atoms with Crippen LogP contribution in [0.25, 0.3) is 11.1 Å². The van der Waals surface area contributed by atoms with Crippen LogP contribution in [-0.4, -0.2) is 19.3 Å². The van der Waals surface area contributed by atoms with Gasteiger partial charge in [0.15, 0.2) is 34.8 Å². The summed E-state index contributed by atoms with van der Waals surface area (Å²) >= 11 is 0. The lowest BCUT2D eigenvalue weighted by atomic mass is 9.88. The fourth-order valence-corrected chi connectivity index (χ4v) is 4.93. The van der Waals surface area contributed by atoms with Crippen LogP contribution in [0.2, 0.25) is 0 Å². The Balaban J connectivity index is 1.50. The van der Waals surface area contributed by atoms with Gasteiger partial charge in [0.05, 0.1) is 19.3 Å². The number of hydrogen-bond donors (Lipinski definition) is 0. The molecule has 0 amide bonds. The third kappa shape index (κ3) is 5.98.